The van der Waals surface area contributed by atoms with E-state index in [4.69, 9.17) is 10.5 Å². The van der Waals surface area contributed by atoms with Gasteiger partial charge in [0.15, 0.2) is 5.69 Å². The van der Waals surface area contributed by atoms with Crippen molar-refractivity contribution in [2.45, 2.75) is 13.3 Å². The summed E-state index contributed by atoms with van der Waals surface area (Å²) in [7, 11) is 0. The summed E-state index contributed by atoms with van der Waals surface area (Å²) in [5.41, 5.74) is 6.17. The van der Waals surface area contributed by atoms with Crippen LogP contribution < -0.4 is 10.5 Å². The number of halogens is 4. The minimum absolute atomic E-state index is 0.0278. The van der Waals surface area contributed by atoms with Crippen molar-refractivity contribution in [3.63, 3.8) is 0 Å². The highest BCUT2D eigenvalue weighted by Crippen LogP contribution is 2.29. The first-order valence-electron chi connectivity index (χ1n) is 6.30. The minimum Gasteiger partial charge on any atom is -0.461 e. The van der Waals surface area contributed by atoms with E-state index in [1.807, 2.05) is 0 Å². The molecule has 2 N–H and O–H groups in total. The number of hydrogen-bond acceptors (Lipinski definition) is 5. The maximum absolute atomic E-state index is 12.1. The Bertz CT molecular complexity index is 714. The number of nitrogens with two attached hydrogens (primary N) is 1. The average molecular weight is 394 g/mol. The maximum atomic E-state index is 12.1. The van der Waals surface area contributed by atoms with Gasteiger partial charge in [-0.3, -0.25) is 0 Å². The third kappa shape index (κ3) is 3.95. The second-order valence-electron chi connectivity index (χ2n) is 4.22. The van der Waals surface area contributed by atoms with Crippen LogP contribution in [0.25, 0.3) is 5.69 Å². The van der Waals surface area contributed by atoms with E-state index in [1.165, 1.54) is 16.8 Å². The molecule has 2 aromatic rings. The van der Waals surface area contributed by atoms with Crippen LogP contribution in [0.15, 0.2) is 28.7 Å². The highest BCUT2D eigenvalue weighted by Gasteiger charge is 2.31. The Balaban J connectivity index is 2.32. The van der Waals surface area contributed by atoms with Gasteiger partial charge in [0.1, 0.15) is 11.6 Å². The van der Waals surface area contributed by atoms with Crippen molar-refractivity contribution in [2.24, 2.45) is 0 Å². The largest absolute Gasteiger partial charge is 0.573 e. The molecule has 0 radical (unpaired) electrons. The molecule has 1 aromatic heterocycles. The molecule has 1 heterocycles. The number of esters is 1. The Hall–Kier alpha value is -2.23. The van der Waals surface area contributed by atoms with E-state index in [9.17, 15) is 18.0 Å². The molecule has 0 atom stereocenters. The van der Waals surface area contributed by atoms with Gasteiger partial charge < -0.3 is 15.2 Å². The van der Waals surface area contributed by atoms with E-state index in [0.717, 1.165) is 12.1 Å². The molecular formula is C13H11BrF3N3O3. The topological polar surface area (TPSA) is 79.4 Å². The SMILES string of the molecule is CCOC(=O)c1nn(-c2ccc(OC(F)(F)F)cc2)c(N)c1Br. The normalized spacial score (nSPS) is 11.3. The molecule has 0 bridgehead atoms. The van der Waals surface area contributed by atoms with Gasteiger partial charge in [0.2, 0.25) is 0 Å². The van der Waals surface area contributed by atoms with E-state index in [-0.39, 0.29) is 28.3 Å². The number of ether oxygens (including phenoxy) is 2. The summed E-state index contributed by atoms with van der Waals surface area (Å²) >= 11 is 3.14. The number of carbonyl (C=O) groups excluding carboxylic acids is 1. The van der Waals surface area contributed by atoms with Crippen molar-refractivity contribution in [3.05, 3.63) is 34.4 Å². The van der Waals surface area contributed by atoms with Gasteiger partial charge >= 0.3 is 12.3 Å². The highest BCUT2D eigenvalue weighted by atomic mass is 79.9. The minimum atomic E-state index is -4.77. The third-order valence-electron chi connectivity index (χ3n) is 2.64. The highest BCUT2D eigenvalue weighted by molar-refractivity contribution is 9.10. The summed E-state index contributed by atoms with van der Waals surface area (Å²) in [4.78, 5) is 11.7. The van der Waals surface area contributed by atoms with Gasteiger partial charge in [-0.15, -0.1) is 13.2 Å². The maximum Gasteiger partial charge on any atom is 0.573 e. The van der Waals surface area contributed by atoms with E-state index in [2.05, 4.69) is 25.8 Å². The average Bonchev–Trinajstić information content (AvgIpc) is 2.75. The summed E-state index contributed by atoms with van der Waals surface area (Å²) in [6.45, 7) is 1.81. The van der Waals surface area contributed by atoms with Gasteiger partial charge in [0.05, 0.1) is 16.8 Å². The standard InChI is InChI=1S/C13H11BrF3N3O3/c1-2-22-12(21)10-9(14)11(18)20(19-10)7-3-5-8(6-4-7)23-13(15,16)17/h3-6H,2,18H2,1H3. The number of nitrogen functional groups attached to an aromatic ring is 1. The van der Waals surface area contributed by atoms with Crippen LogP contribution in [0.1, 0.15) is 17.4 Å². The van der Waals surface area contributed by atoms with E-state index in [0.29, 0.717) is 5.69 Å². The first-order valence-corrected chi connectivity index (χ1v) is 7.09. The molecular weight excluding hydrogens is 383 g/mol. The Morgan fingerprint density at radius 3 is 2.48 bits per heavy atom. The van der Waals surface area contributed by atoms with Gasteiger partial charge in [0.25, 0.3) is 0 Å². The summed E-state index contributed by atoms with van der Waals surface area (Å²) in [6, 6.07) is 4.88. The lowest BCUT2D eigenvalue weighted by molar-refractivity contribution is -0.274. The molecule has 0 amide bonds. The molecule has 23 heavy (non-hydrogen) atoms. The zero-order valence-electron chi connectivity index (χ0n) is 11.7. The van der Waals surface area contributed by atoms with Crippen molar-refractivity contribution in [1.82, 2.24) is 9.78 Å². The lowest BCUT2D eigenvalue weighted by Gasteiger charge is -2.09. The van der Waals surface area contributed by atoms with Gasteiger partial charge in [0, 0.05) is 0 Å². The van der Waals surface area contributed by atoms with Crippen molar-refractivity contribution in [2.75, 3.05) is 12.3 Å². The van der Waals surface area contributed by atoms with E-state index in [1.54, 1.807) is 6.92 Å². The van der Waals surface area contributed by atoms with Crippen LogP contribution in [0.2, 0.25) is 0 Å². The van der Waals surface area contributed by atoms with Gasteiger partial charge in [-0.05, 0) is 47.1 Å². The van der Waals surface area contributed by atoms with Crippen LogP contribution in [0, 0.1) is 0 Å². The number of rotatable bonds is 4. The summed E-state index contributed by atoms with van der Waals surface area (Å²) < 4.78 is 46.5. The molecule has 124 valence electrons. The van der Waals surface area contributed by atoms with Crippen molar-refractivity contribution >= 4 is 27.7 Å². The second-order valence-corrected chi connectivity index (χ2v) is 5.01. The van der Waals surface area contributed by atoms with Crippen molar-refractivity contribution in [3.8, 4) is 11.4 Å². The predicted octanol–water partition coefficient (Wildman–Crippen LogP) is 3.29. The summed E-state index contributed by atoms with van der Waals surface area (Å²) in [6.07, 6.45) is -4.77. The first kappa shape index (κ1) is 17.1. The zero-order chi connectivity index (χ0) is 17.2. The molecule has 2 rings (SSSR count). The molecule has 0 spiro atoms. The zero-order valence-corrected chi connectivity index (χ0v) is 13.3. The van der Waals surface area contributed by atoms with Crippen LogP contribution in [0.5, 0.6) is 5.75 Å². The number of alkyl halides is 3. The Labute approximate surface area is 137 Å². The molecule has 0 fully saturated rings. The fraction of sp³-hybridized carbons (Fsp3) is 0.231. The Morgan fingerprint density at radius 1 is 1.35 bits per heavy atom. The van der Waals surface area contributed by atoms with Crippen LogP contribution in [-0.4, -0.2) is 28.7 Å². The molecule has 6 nitrogen and oxygen atoms in total. The van der Waals surface area contributed by atoms with Crippen LogP contribution in [0.4, 0.5) is 19.0 Å². The number of nitrogens with zero attached hydrogens (tertiary/aromatic N) is 2. The fourth-order valence-electron chi connectivity index (χ4n) is 1.73. The van der Waals surface area contributed by atoms with Gasteiger partial charge in [-0.25, -0.2) is 9.48 Å². The molecule has 0 saturated carbocycles. The Morgan fingerprint density at radius 2 is 1.96 bits per heavy atom. The molecule has 0 aliphatic carbocycles. The molecule has 0 aliphatic heterocycles. The number of anilines is 1. The number of hydrogen-bond donors (Lipinski definition) is 1. The monoisotopic (exact) mass is 393 g/mol. The van der Waals surface area contributed by atoms with E-state index >= 15 is 0 Å². The molecule has 1 aromatic carbocycles. The Kier molecular flexibility index (Phi) is 4.83. The molecule has 10 heteroatoms. The molecule has 0 unspecified atom stereocenters. The summed E-state index contributed by atoms with van der Waals surface area (Å²) in [5, 5.41) is 4.01. The second kappa shape index (κ2) is 6.49. The lowest BCUT2D eigenvalue weighted by atomic mass is 10.3. The van der Waals surface area contributed by atoms with Gasteiger partial charge in [-0.2, -0.15) is 5.10 Å². The van der Waals surface area contributed by atoms with E-state index < -0.39 is 12.3 Å². The van der Waals surface area contributed by atoms with Crippen molar-refractivity contribution in [1.29, 1.82) is 0 Å². The summed E-state index contributed by atoms with van der Waals surface area (Å²) in [5.74, 6) is -0.934. The molecule has 0 saturated heterocycles. The number of aromatic nitrogens is 2. The quantitative estimate of drug-likeness (QED) is 0.806. The van der Waals surface area contributed by atoms with Gasteiger partial charge in [-0.1, -0.05) is 0 Å². The third-order valence-corrected chi connectivity index (χ3v) is 3.43. The lowest BCUT2D eigenvalue weighted by Crippen LogP contribution is -2.17. The van der Waals surface area contributed by atoms with Crippen LogP contribution >= 0.6 is 15.9 Å². The first-order chi connectivity index (χ1) is 10.7. The fourth-order valence-corrected chi connectivity index (χ4v) is 2.14. The smallest absolute Gasteiger partial charge is 0.461 e. The van der Waals surface area contributed by atoms with Crippen molar-refractivity contribution < 1.29 is 27.4 Å². The predicted molar refractivity (Wildman–Crippen MR) is 78.3 cm³/mol. The van der Waals surface area contributed by atoms with Crippen LogP contribution in [0.3, 0.4) is 0 Å². The number of carbonyl (C=O) groups is 1. The van der Waals surface area contributed by atoms with Crippen LogP contribution in [-0.2, 0) is 4.74 Å². The molecule has 0 aliphatic rings. The number of benzene rings is 1.